The Morgan fingerprint density at radius 2 is 2.17 bits per heavy atom. The summed E-state index contributed by atoms with van der Waals surface area (Å²) < 4.78 is 0. The van der Waals surface area contributed by atoms with Gasteiger partial charge < -0.3 is 10.4 Å². The minimum atomic E-state index is 0.197. The van der Waals surface area contributed by atoms with E-state index in [0.29, 0.717) is 16.8 Å². The SMILES string of the molecule is CNc1cc(C=O)cc(C)c1O. The number of carbonyl (C=O) groups excluding carboxylic acids is 1. The molecule has 0 spiro atoms. The van der Waals surface area contributed by atoms with Gasteiger partial charge in [-0.1, -0.05) is 0 Å². The highest BCUT2D eigenvalue weighted by Gasteiger charge is 2.04. The largest absolute Gasteiger partial charge is 0.506 e. The van der Waals surface area contributed by atoms with Crippen LogP contribution in [0.1, 0.15) is 15.9 Å². The van der Waals surface area contributed by atoms with Crippen LogP contribution in [-0.2, 0) is 0 Å². The first-order valence-corrected chi connectivity index (χ1v) is 3.65. The molecular weight excluding hydrogens is 154 g/mol. The first-order chi connectivity index (χ1) is 5.69. The van der Waals surface area contributed by atoms with Crippen molar-refractivity contribution in [2.75, 3.05) is 12.4 Å². The fourth-order valence-electron chi connectivity index (χ4n) is 1.07. The molecule has 0 saturated heterocycles. The van der Waals surface area contributed by atoms with Crippen LogP contribution in [0, 0.1) is 6.92 Å². The van der Waals surface area contributed by atoms with E-state index in [0.717, 1.165) is 6.29 Å². The van der Waals surface area contributed by atoms with Crippen molar-refractivity contribution >= 4 is 12.0 Å². The number of hydrogen-bond donors (Lipinski definition) is 2. The molecular formula is C9H11NO2. The van der Waals surface area contributed by atoms with Crippen molar-refractivity contribution in [3.05, 3.63) is 23.3 Å². The number of nitrogens with one attached hydrogen (secondary N) is 1. The van der Waals surface area contributed by atoms with E-state index in [4.69, 9.17) is 0 Å². The van der Waals surface area contributed by atoms with Crippen LogP contribution in [0.15, 0.2) is 12.1 Å². The number of carbonyl (C=O) groups is 1. The zero-order chi connectivity index (χ0) is 9.14. The molecule has 0 radical (unpaired) electrons. The Morgan fingerprint density at radius 1 is 1.50 bits per heavy atom. The lowest BCUT2D eigenvalue weighted by molar-refractivity contribution is 0.112. The number of aldehydes is 1. The standard InChI is InChI=1S/C9H11NO2/c1-6-3-7(5-11)4-8(10-2)9(6)12/h3-5,10,12H,1-2H3. The van der Waals surface area contributed by atoms with E-state index in [1.807, 2.05) is 0 Å². The molecule has 64 valence electrons. The van der Waals surface area contributed by atoms with E-state index >= 15 is 0 Å². The molecule has 0 aliphatic heterocycles. The molecule has 3 heteroatoms. The third kappa shape index (κ3) is 1.39. The average Bonchev–Trinajstić information content (AvgIpc) is 2.09. The normalized spacial score (nSPS) is 9.50. The molecule has 0 heterocycles. The van der Waals surface area contributed by atoms with E-state index in [2.05, 4.69) is 5.32 Å². The van der Waals surface area contributed by atoms with Gasteiger partial charge in [0.15, 0.2) is 0 Å². The Hall–Kier alpha value is -1.51. The topological polar surface area (TPSA) is 49.3 Å². The predicted octanol–water partition coefficient (Wildman–Crippen LogP) is 1.55. The Labute approximate surface area is 71.0 Å². The van der Waals surface area contributed by atoms with E-state index in [1.54, 1.807) is 26.1 Å². The Balaban J connectivity index is 3.28. The number of rotatable bonds is 2. The van der Waals surface area contributed by atoms with Crippen molar-refractivity contribution in [3.8, 4) is 5.75 Å². The fourth-order valence-corrected chi connectivity index (χ4v) is 1.07. The molecule has 0 aliphatic carbocycles. The number of aromatic hydroxyl groups is 1. The van der Waals surface area contributed by atoms with Crippen molar-refractivity contribution in [3.63, 3.8) is 0 Å². The summed E-state index contributed by atoms with van der Waals surface area (Å²) in [5.41, 5.74) is 1.84. The van der Waals surface area contributed by atoms with Crippen LogP contribution in [0.25, 0.3) is 0 Å². The molecule has 0 bridgehead atoms. The van der Waals surface area contributed by atoms with Gasteiger partial charge in [-0.25, -0.2) is 0 Å². The summed E-state index contributed by atoms with van der Waals surface area (Å²) in [6, 6.07) is 3.25. The van der Waals surface area contributed by atoms with Crippen LogP contribution in [0.2, 0.25) is 0 Å². The molecule has 0 amide bonds. The Morgan fingerprint density at radius 3 is 2.67 bits per heavy atom. The molecule has 1 rings (SSSR count). The lowest BCUT2D eigenvalue weighted by atomic mass is 10.1. The van der Waals surface area contributed by atoms with Crippen molar-refractivity contribution in [1.82, 2.24) is 0 Å². The third-order valence-corrected chi connectivity index (χ3v) is 1.73. The molecule has 12 heavy (non-hydrogen) atoms. The van der Waals surface area contributed by atoms with Gasteiger partial charge in [-0.2, -0.15) is 0 Å². The van der Waals surface area contributed by atoms with Gasteiger partial charge in [-0.05, 0) is 24.6 Å². The molecule has 1 aromatic rings. The monoisotopic (exact) mass is 165 g/mol. The zero-order valence-corrected chi connectivity index (χ0v) is 7.09. The lowest BCUT2D eigenvalue weighted by Crippen LogP contribution is -1.92. The summed E-state index contributed by atoms with van der Waals surface area (Å²) in [6.45, 7) is 1.75. The summed E-state index contributed by atoms with van der Waals surface area (Å²) in [4.78, 5) is 10.4. The second-order valence-corrected chi connectivity index (χ2v) is 2.60. The maximum atomic E-state index is 10.4. The highest BCUT2D eigenvalue weighted by Crippen LogP contribution is 2.27. The molecule has 0 aliphatic rings. The number of phenols is 1. The minimum Gasteiger partial charge on any atom is -0.506 e. The van der Waals surface area contributed by atoms with E-state index in [-0.39, 0.29) is 5.75 Å². The van der Waals surface area contributed by atoms with Crippen molar-refractivity contribution in [2.24, 2.45) is 0 Å². The first kappa shape index (κ1) is 8.59. The summed E-state index contributed by atoms with van der Waals surface area (Å²) in [7, 11) is 1.70. The van der Waals surface area contributed by atoms with Crippen LogP contribution in [0.4, 0.5) is 5.69 Å². The molecule has 3 nitrogen and oxygen atoms in total. The summed E-state index contributed by atoms with van der Waals surface area (Å²) in [5.74, 6) is 0.197. The van der Waals surface area contributed by atoms with Crippen molar-refractivity contribution in [1.29, 1.82) is 0 Å². The number of phenolic OH excluding ortho intramolecular Hbond substituents is 1. The van der Waals surface area contributed by atoms with Crippen LogP contribution in [0.3, 0.4) is 0 Å². The van der Waals surface area contributed by atoms with E-state index in [9.17, 15) is 9.90 Å². The smallest absolute Gasteiger partial charge is 0.150 e. The molecule has 0 unspecified atom stereocenters. The van der Waals surface area contributed by atoms with Crippen molar-refractivity contribution < 1.29 is 9.90 Å². The number of aryl methyl sites for hydroxylation is 1. The third-order valence-electron chi connectivity index (χ3n) is 1.73. The van der Waals surface area contributed by atoms with Gasteiger partial charge in [0.05, 0.1) is 5.69 Å². The molecule has 0 atom stereocenters. The first-order valence-electron chi connectivity index (χ1n) is 3.65. The van der Waals surface area contributed by atoms with Gasteiger partial charge in [0.1, 0.15) is 12.0 Å². The van der Waals surface area contributed by atoms with Gasteiger partial charge in [0.25, 0.3) is 0 Å². The summed E-state index contributed by atoms with van der Waals surface area (Å²) in [6.07, 6.45) is 0.757. The van der Waals surface area contributed by atoms with Gasteiger partial charge in [0, 0.05) is 12.6 Å². The molecule has 0 saturated carbocycles. The molecule has 1 aromatic carbocycles. The number of hydrogen-bond acceptors (Lipinski definition) is 3. The van der Waals surface area contributed by atoms with Gasteiger partial charge >= 0.3 is 0 Å². The van der Waals surface area contributed by atoms with Crippen molar-refractivity contribution in [2.45, 2.75) is 6.92 Å². The number of anilines is 1. The fraction of sp³-hybridized carbons (Fsp3) is 0.222. The Kier molecular flexibility index (Phi) is 2.33. The van der Waals surface area contributed by atoms with Crippen LogP contribution in [0.5, 0.6) is 5.75 Å². The zero-order valence-electron chi connectivity index (χ0n) is 7.09. The van der Waals surface area contributed by atoms with E-state index < -0.39 is 0 Å². The lowest BCUT2D eigenvalue weighted by Gasteiger charge is -2.06. The highest BCUT2D eigenvalue weighted by atomic mass is 16.3. The van der Waals surface area contributed by atoms with Crippen LogP contribution >= 0.6 is 0 Å². The average molecular weight is 165 g/mol. The number of benzene rings is 1. The second-order valence-electron chi connectivity index (χ2n) is 2.60. The molecule has 0 aromatic heterocycles. The van der Waals surface area contributed by atoms with E-state index in [1.165, 1.54) is 0 Å². The molecule has 0 fully saturated rings. The van der Waals surface area contributed by atoms with Crippen LogP contribution in [-0.4, -0.2) is 18.4 Å². The maximum Gasteiger partial charge on any atom is 0.150 e. The van der Waals surface area contributed by atoms with Gasteiger partial charge in [-0.15, -0.1) is 0 Å². The van der Waals surface area contributed by atoms with Crippen LogP contribution < -0.4 is 5.32 Å². The summed E-state index contributed by atoms with van der Waals surface area (Å²) in [5, 5.41) is 12.2. The quantitative estimate of drug-likeness (QED) is 0.516. The molecule has 2 N–H and O–H groups in total. The Bertz CT molecular complexity index is 308. The highest BCUT2D eigenvalue weighted by molar-refractivity contribution is 5.79. The second kappa shape index (κ2) is 3.26. The minimum absolute atomic E-state index is 0.197. The maximum absolute atomic E-state index is 10.4. The predicted molar refractivity (Wildman–Crippen MR) is 47.8 cm³/mol. The van der Waals surface area contributed by atoms with Gasteiger partial charge in [-0.3, -0.25) is 4.79 Å². The van der Waals surface area contributed by atoms with Gasteiger partial charge in [0.2, 0.25) is 0 Å². The summed E-state index contributed by atoms with van der Waals surface area (Å²) >= 11 is 0.